The number of nitrogens with zero attached hydrogens (tertiary/aromatic N) is 4. The van der Waals surface area contributed by atoms with E-state index in [0.717, 1.165) is 17.0 Å². The van der Waals surface area contributed by atoms with Gasteiger partial charge < -0.3 is 4.57 Å². The number of hydrogen-bond donors (Lipinski definition) is 0. The molecule has 0 saturated carbocycles. The smallest absolute Gasteiger partial charge is 0.182 e. The molecule has 0 spiro atoms. The van der Waals surface area contributed by atoms with E-state index >= 15 is 0 Å². The minimum atomic E-state index is 0.182. The highest BCUT2D eigenvalue weighted by Gasteiger charge is 2.11. The lowest BCUT2D eigenvalue weighted by molar-refractivity contribution is -0.118. The standard InChI is InChI=1S/C10H12N4O/c1-3-7(15)6-9-12-8-4-5-11-13-10(8)14(9)2/h4-5H,3,6H2,1-2H3. The minimum Gasteiger partial charge on any atom is -0.314 e. The van der Waals surface area contributed by atoms with Gasteiger partial charge >= 0.3 is 0 Å². The monoisotopic (exact) mass is 204 g/mol. The molecule has 15 heavy (non-hydrogen) atoms. The number of carbonyl (C=O) groups is 1. The second kappa shape index (κ2) is 3.76. The Morgan fingerprint density at radius 1 is 1.53 bits per heavy atom. The van der Waals surface area contributed by atoms with Gasteiger partial charge in [0.2, 0.25) is 0 Å². The Morgan fingerprint density at radius 3 is 3.00 bits per heavy atom. The summed E-state index contributed by atoms with van der Waals surface area (Å²) in [5.41, 5.74) is 1.50. The summed E-state index contributed by atoms with van der Waals surface area (Å²) >= 11 is 0. The maximum absolute atomic E-state index is 11.3. The Morgan fingerprint density at radius 2 is 2.33 bits per heavy atom. The molecular weight excluding hydrogens is 192 g/mol. The first kappa shape index (κ1) is 9.76. The van der Waals surface area contributed by atoms with Gasteiger partial charge in [-0.3, -0.25) is 4.79 Å². The average molecular weight is 204 g/mol. The molecule has 0 aliphatic carbocycles. The van der Waals surface area contributed by atoms with E-state index in [0.29, 0.717) is 12.8 Å². The molecule has 0 fully saturated rings. The SMILES string of the molecule is CCC(=O)Cc1nc2ccnnc2n1C. The van der Waals surface area contributed by atoms with Crippen LogP contribution in [0.1, 0.15) is 19.2 Å². The van der Waals surface area contributed by atoms with Crippen LogP contribution in [0, 0.1) is 0 Å². The van der Waals surface area contributed by atoms with Gasteiger partial charge in [0.15, 0.2) is 5.65 Å². The van der Waals surface area contributed by atoms with E-state index < -0.39 is 0 Å². The summed E-state index contributed by atoms with van der Waals surface area (Å²) in [6.07, 6.45) is 2.50. The molecule has 2 heterocycles. The molecule has 2 rings (SSSR count). The maximum atomic E-state index is 11.3. The third-order valence-corrected chi connectivity index (χ3v) is 2.38. The van der Waals surface area contributed by atoms with Crippen molar-refractivity contribution in [2.75, 3.05) is 0 Å². The molecule has 2 aromatic heterocycles. The highest BCUT2D eigenvalue weighted by atomic mass is 16.1. The summed E-state index contributed by atoms with van der Waals surface area (Å²) in [5, 5.41) is 7.76. The number of aryl methyl sites for hydroxylation is 1. The van der Waals surface area contributed by atoms with Crippen LogP contribution in [-0.4, -0.2) is 25.5 Å². The average Bonchev–Trinajstić information content (AvgIpc) is 2.57. The van der Waals surface area contributed by atoms with Crippen LogP contribution in [0.15, 0.2) is 12.3 Å². The van der Waals surface area contributed by atoms with E-state index in [1.807, 2.05) is 18.5 Å². The Balaban J connectivity index is 2.44. The lowest BCUT2D eigenvalue weighted by Gasteiger charge is -1.98. The predicted molar refractivity (Wildman–Crippen MR) is 55.3 cm³/mol. The third-order valence-electron chi connectivity index (χ3n) is 2.38. The number of carbonyl (C=O) groups excluding carboxylic acids is 1. The van der Waals surface area contributed by atoms with Gasteiger partial charge in [-0.05, 0) is 6.07 Å². The highest BCUT2D eigenvalue weighted by molar-refractivity contribution is 5.81. The van der Waals surface area contributed by atoms with Crippen LogP contribution in [-0.2, 0) is 18.3 Å². The van der Waals surface area contributed by atoms with Crippen molar-refractivity contribution in [3.63, 3.8) is 0 Å². The second-order valence-corrected chi connectivity index (χ2v) is 3.40. The zero-order valence-electron chi connectivity index (χ0n) is 8.77. The fourth-order valence-corrected chi connectivity index (χ4v) is 1.44. The Labute approximate surface area is 87.1 Å². The first-order valence-corrected chi connectivity index (χ1v) is 4.87. The topological polar surface area (TPSA) is 60.7 Å². The normalized spacial score (nSPS) is 10.8. The number of fused-ring (bicyclic) bond motifs is 1. The predicted octanol–water partition coefficient (Wildman–Crippen LogP) is 0.885. The quantitative estimate of drug-likeness (QED) is 0.744. The van der Waals surface area contributed by atoms with Crippen molar-refractivity contribution < 1.29 is 4.79 Å². The zero-order valence-corrected chi connectivity index (χ0v) is 8.77. The molecule has 0 amide bonds. The molecule has 78 valence electrons. The molecule has 0 aliphatic heterocycles. The Hall–Kier alpha value is -1.78. The fourth-order valence-electron chi connectivity index (χ4n) is 1.44. The van der Waals surface area contributed by atoms with Gasteiger partial charge in [-0.15, -0.1) is 5.10 Å². The first-order valence-electron chi connectivity index (χ1n) is 4.87. The van der Waals surface area contributed by atoms with Crippen molar-refractivity contribution in [3.05, 3.63) is 18.1 Å². The maximum Gasteiger partial charge on any atom is 0.182 e. The van der Waals surface area contributed by atoms with Crippen molar-refractivity contribution in [1.82, 2.24) is 19.7 Å². The van der Waals surface area contributed by atoms with E-state index in [1.54, 1.807) is 12.3 Å². The Bertz CT molecular complexity index is 503. The van der Waals surface area contributed by atoms with Crippen LogP contribution in [0.25, 0.3) is 11.2 Å². The molecule has 0 aliphatic rings. The molecule has 0 aromatic carbocycles. The molecular formula is C10H12N4O. The second-order valence-electron chi connectivity index (χ2n) is 3.40. The van der Waals surface area contributed by atoms with Crippen LogP contribution in [0.5, 0.6) is 0 Å². The molecule has 0 bridgehead atoms. The number of hydrogen-bond acceptors (Lipinski definition) is 4. The van der Waals surface area contributed by atoms with E-state index in [4.69, 9.17) is 0 Å². The van der Waals surface area contributed by atoms with E-state index in [2.05, 4.69) is 15.2 Å². The van der Waals surface area contributed by atoms with Crippen LogP contribution in [0.4, 0.5) is 0 Å². The summed E-state index contributed by atoms with van der Waals surface area (Å²) in [7, 11) is 1.85. The van der Waals surface area contributed by atoms with Gasteiger partial charge in [-0.25, -0.2) is 4.98 Å². The lowest BCUT2D eigenvalue weighted by Crippen LogP contribution is -2.06. The first-order chi connectivity index (χ1) is 7.22. The molecule has 0 saturated heterocycles. The van der Waals surface area contributed by atoms with Crippen molar-refractivity contribution in [1.29, 1.82) is 0 Å². The largest absolute Gasteiger partial charge is 0.314 e. The Kier molecular flexibility index (Phi) is 2.45. The highest BCUT2D eigenvalue weighted by Crippen LogP contribution is 2.11. The van der Waals surface area contributed by atoms with Crippen molar-refractivity contribution in [2.45, 2.75) is 19.8 Å². The summed E-state index contributed by atoms with van der Waals surface area (Å²) in [5.74, 6) is 0.929. The van der Waals surface area contributed by atoms with Gasteiger partial charge in [0, 0.05) is 13.5 Å². The molecule has 0 radical (unpaired) electrons. The molecule has 0 atom stereocenters. The minimum absolute atomic E-state index is 0.182. The number of imidazole rings is 1. The molecule has 2 aromatic rings. The molecule has 0 N–H and O–H groups in total. The van der Waals surface area contributed by atoms with Crippen molar-refractivity contribution in [2.24, 2.45) is 7.05 Å². The van der Waals surface area contributed by atoms with E-state index in [1.165, 1.54) is 0 Å². The van der Waals surface area contributed by atoms with E-state index in [-0.39, 0.29) is 5.78 Å². The lowest BCUT2D eigenvalue weighted by atomic mass is 10.2. The number of ketones is 1. The third kappa shape index (κ3) is 1.72. The van der Waals surface area contributed by atoms with Gasteiger partial charge in [0.1, 0.15) is 17.1 Å². The van der Waals surface area contributed by atoms with E-state index in [9.17, 15) is 4.79 Å². The summed E-state index contributed by atoms with van der Waals surface area (Å²) in [6, 6.07) is 1.79. The fraction of sp³-hybridized carbons (Fsp3) is 0.400. The van der Waals surface area contributed by atoms with Gasteiger partial charge in [-0.1, -0.05) is 6.92 Å². The van der Waals surface area contributed by atoms with Crippen LogP contribution in [0.2, 0.25) is 0 Å². The number of aromatic nitrogens is 4. The summed E-state index contributed by atoms with van der Waals surface area (Å²) in [4.78, 5) is 15.7. The van der Waals surface area contributed by atoms with Gasteiger partial charge in [0.05, 0.1) is 12.6 Å². The zero-order chi connectivity index (χ0) is 10.8. The van der Waals surface area contributed by atoms with Gasteiger partial charge in [0.25, 0.3) is 0 Å². The van der Waals surface area contributed by atoms with Crippen LogP contribution >= 0.6 is 0 Å². The molecule has 0 unspecified atom stereocenters. The van der Waals surface area contributed by atoms with Crippen molar-refractivity contribution >= 4 is 16.9 Å². The molecule has 5 nitrogen and oxygen atoms in total. The molecule has 5 heteroatoms. The van der Waals surface area contributed by atoms with Crippen LogP contribution < -0.4 is 0 Å². The van der Waals surface area contributed by atoms with Gasteiger partial charge in [-0.2, -0.15) is 5.10 Å². The number of rotatable bonds is 3. The van der Waals surface area contributed by atoms with Crippen molar-refractivity contribution in [3.8, 4) is 0 Å². The van der Waals surface area contributed by atoms with Crippen LogP contribution in [0.3, 0.4) is 0 Å². The summed E-state index contributed by atoms with van der Waals surface area (Å²) < 4.78 is 1.82. The summed E-state index contributed by atoms with van der Waals surface area (Å²) in [6.45, 7) is 1.85. The number of Topliss-reactive ketones (excluding diaryl/α,β-unsaturated/α-hetero) is 1.